The minimum atomic E-state index is -3.29. The standard InChI is InChI=1S/C23H18F2N4O4/c1-14(30)27-18-12-8-16(9-13-18)5-3-2-4-15-6-10-17(11-7-15)22(31)28-20(23(32)29-33)19(26)21(24)25/h6-13,20-21,26,33H,1H3,(H,27,30)(H,28,31)(H,29,32)/t20-/m0/s1. The number of halogens is 2. The summed E-state index contributed by atoms with van der Waals surface area (Å²) in [4.78, 5) is 34.7. The van der Waals surface area contributed by atoms with Gasteiger partial charge in [-0.15, -0.1) is 0 Å². The number of anilines is 1. The van der Waals surface area contributed by atoms with Gasteiger partial charge in [-0.3, -0.25) is 19.6 Å². The number of benzene rings is 2. The summed E-state index contributed by atoms with van der Waals surface area (Å²) in [6, 6.07) is 10.5. The van der Waals surface area contributed by atoms with E-state index in [1.807, 2.05) is 5.32 Å². The zero-order valence-electron chi connectivity index (χ0n) is 17.2. The van der Waals surface area contributed by atoms with Gasteiger partial charge in [-0.05, 0) is 60.4 Å². The molecular formula is C23H18F2N4O4. The number of carbonyl (C=O) groups is 3. The number of hydrogen-bond donors (Lipinski definition) is 5. The number of nitrogens with one attached hydrogen (secondary N) is 4. The number of alkyl halides is 2. The topological polar surface area (TPSA) is 131 Å². The van der Waals surface area contributed by atoms with Crippen molar-refractivity contribution in [2.45, 2.75) is 19.4 Å². The summed E-state index contributed by atoms with van der Waals surface area (Å²) in [5, 5.41) is 20.5. The molecule has 0 saturated heterocycles. The van der Waals surface area contributed by atoms with Gasteiger partial charge in [-0.25, -0.2) is 14.3 Å². The van der Waals surface area contributed by atoms with Crippen molar-refractivity contribution in [3.8, 4) is 23.7 Å². The van der Waals surface area contributed by atoms with Gasteiger partial charge >= 0.3 is 0 Å². The number of hydrogen-bond acceptors (Lipinski definition) is 5. The Kier molecular flexibility index (Phi) is 8.80. The van der Waals surface area contributed by atoms with Crippen molar-refractivity contribution in [3.63, 3.8) is 0 Å². The smallest absolute Gasteiger partial charge is 0.278 e. The van der Waals surface area contributed by atoms with Gasteiger partial charge in [0.15, 0.2) is 6.04 Å². The number of hydroxylamine groups is 1. The fourth-order valence-electron chi connectivity index (χ4n) is 2.44. The van der Waals surface area contributed by atoms with E-state index in [9.17, 15) is 23.2 Å². The highest BCUT2D eigenvalue weighted by atomic mass is 19.3. The van der Waals surface area contributed by atoms with Gasteiger partial charge in [0.1, 0.15) is 5.71 Å². The van der Waals surface area contributed by atoms with Crippen molar-refractivity contribution in [2.24, 2.45) is 0 Å². The van der Waals surface area contributed by atoms with E-state index in [-0.39, 0.29) is 11.5 Å². The maximum Gasteiger partial charge on any atom is 0.278 e. The van der Waals surface area contributed by atoms with Gasteiger partial charge in [0, 0.05) is 29.3 Å². The van der Waals surface area contributed by atoms with Crippen LogP contribution in [0.2, 0.25) is 0 Å². The third kappa shape index (κ3) is 7.58. The number of carbonyl (C=O) groups excluding carboxylic acids is 3. The second-order valence-electron chi connectivity index (χ2n) is 6.47. The predicted molar refractivity (Wildman–Crippen MR) is 116 cm³/mol. The SMILES string of the molecule is CC(=O)Nc1ccc(C#CC#Cc2ccc(C(=O)N[C@@H](C(=N)C(F)F)C(=O)NO)cc2)cc1. The van der Waals surface area contributed by atoms with Crippen LogP contribution in [0.1, 0.15) is 28.4 Å². The molecule has 168 valence electrons. The molecule has 0 fully saturated rings. The van der Waals surface area contributed by atoms with E-state index in [1.165, 1.54) is 31.2 Å². The molecule has 0 aliphatic heterocycles. The van der Waals surface area contributed by atoms with Crippen LogP contribution in [-0.4, -0.2) is 41.1 Å². The van der Waals surface area contributed by atoms with Crippen molar-refractivity contribution in [3.05, 3.63) is 65.2 Å². The first-order valence-electron chi connectivity index (χ1n) is 9.32. The summed E-state index contributed by atoms with van der Waals surface area (Å²) in [5.41, 5.74) is 1.68. The van der Waals surface area contributed by atoms with Crippen LogP contribution < -0.4 is 16.1 Å². The van der Waals surface area contributed by atoms with E-state index >= 15 is 0 Å². The Balaban J connectivity index is 2.03. The van der Waals surface area contributed by atoms with E-state index in [4.69, 9.17) is 10.6 Å². The molecule has 8 nitrogen and oxygen atoms in total. The molecule has 0 radical (unpaired) electrons. The van der Waals surface area contributed by atoms with Crippen LogP contribution >= 0.6 is 0 Å². The molecule has 10 heteroatoms. The van der Waals surface area contributed by atoms with Gasteiger partial charge in [-0.2, -0.15) is 0 Å². The summed E-state index contributed by atoms with van der Waals surface area (Å²) in [7, 11) is 0. The first-order valence-corrected chi connectivity index (χ1v) is 9.32. The number of rotatable bonds is 6. The van der Waals surface area contributed by atoms with Gasteiger partial charge in [0.05, 0.1) is 0 Å². The van der Waals surface area contributed by atoms with Crippen LogP contribution in [0.25, 0.3) is 0 Å². The minimum absolute atomic E-state index is 0.0312. The molecule has 0 spiro atoms. The van der Waals surface area contributed by atoms with Gasteiger partial charge in [0.2, 0.25) is 5.91 Å². The van der Waals surface area contributed by atoms with Gasteiger partial charge in [0.25, 0.3) is 18.2 Å². The Morgan fingerprint density at radius 3 is 1.91 bits per heavy atom. The predicted octanol–water partition coefficient (Wildman–Crippen LogP) is 1.94. The first kappa shape index (κ1) is 24.7. The minimum Gasteiger partial charge on any atom is -0.335 e. The van der Waals surface area contributed by atoms with Gasteiger partial charge in [-0.1, -0.05) is 11.8 Å². The van der Waals surface area contributed by atoms with Crippen molar-refractivity contribution < 1.29 is 28.4 Å². The summed E-state index contributed by atoms with van der Waals surface area (Å²) < 4.78 is 25.4. The molecule has 1 atom stereocenters. The van der Waals surface area contributed by atoms with Crippen LogP contribution in [-0.2, 0) is 9.59 Å². The van der Waals surface area contributed by atoms with Gasteiger partial charge < -0.3 is 16.0 Å². The zero-order chi connectivity index (χ0) is 24.4. The average molecular weight is 452 g/mol. The van der Waals surface area contributed by atoms with E-state index < -0.39 is 30.0 Å². The van der Waals surface area contributed by atoms with Crippen LogP contribution in [0, 0.1) is 29.1 Å². The molecule has 0 unspecified atom stereocenters. The fraction of sp³-hybridized carbons (Fsp3) is 0.130. The Morgan fingerprint density at radius 2 is 1.45 bits per heavy atom. The van der Waals surface area contributed by atoms with Crippen molar-refractivity contribution in [1.29, 1.82) is 5.41 Å². The van der Waals surface area contributed by atoms with Crippen LogP contribution in [0.5, 0.6) is 0 Å². The first-order chi connectivity index (χ1) is 15.7. The van der Waals surface area contributed by atoms with Crippen LogP contribution in [0.15, 0.2) is 48.5 Å². The lowest BCUT2D eigenvalue weighted by Crippen LogP contribution is -2.52. The highest BCUT2D eigenvalue weighted by molar-refractivity contribution is 6.11. The molecule has 2 rings (SSSR count). The molecule has 0 aliphatic carbocycles. The van der Waals surface area contributed by atoms with Crippen molar-refractivity contribution >= 4 is 29.1 Å². The third-order valence-electron chi connectivity index (χ3n) is 4.02. The monoisotopic (exact) mass is 452 g/mol. The van der Waals surface area contributed by atoms with Crippen molar-refractivity contribution in [2.75, 3.05) is 5.32 Å². The second-order valence-corrected chi connectivity index (χ2v) is 6.47. The highest BCUT2D eigenvalue weighted by Crippen LogP contribution is 2.09. The van der Waals surface area contributed by atoms with Crippen molar-refractivity contribution in [1.82, 2.24) is 10.8 Å². The zero-order valence-corrected chi connectivity index (χ0v) is 17.2. The summed E-state index contributed by atoms with van der Waals surface area (Å²) >= 11 is 0. The highest BCUT2D eigenvalue weighted by Gasteiger charge is 2.30. The Labute approximate surface area is 187 Å². The van der Waals surface area contributed by atoms with E-state index in [0.717, 1.165) is 5.48 Å². The van der Waals surface area contributed by atoms with E-state index in [1.54, 1.807) is 24.3 Å². The normalized spacial score (nSPS) is 10.6. The Morgan fingerprint density at radius 1 is 0.939 bits per heavy atom. The number of amides is 3. The molecule has 0 saturated carbocycles. The Bertz CT molecular complexity index is 1170. The molecule has 33 heavy (non-hydrogen) atoms. The van der Waals surface area contributed by atoms with Crippen LogP contribution in [0.3, 0.4) is 0 Å². The quantitative estimate of drug-likeness (QED) is 0.198. The molecule has 0 aromatic heterocycles. The van der Waals surface area contributed by atoms with E-state index in [0.29, 0.717) is 16.8 Å². The Hall–Kier alpha value is -4.54. The lowest BCUT2D eigenvalue weighted by molar-refractivity contribution is -0.129. The lowest BCUT2D eigenvalue weighted by Gasteiger charge is -2.17. The molecular weight excluding hydrogens is 434 g/mol. The molecule has 0 aliphatic rings. The molecule has 3 amide bonds. The summed E-state index contributed by atoms with van der Waals surface area (Å²) in [6.07, 6.45) is -3.29. The summed E-state index contributed by atoms with van der Waals surface area (Å²) in [5.74, 6) is 8.52. The molecule has 2 aromatic rings. The largest absolute Gasteiger partial charge is 0.335 e. The lowest BCUT2D eigenvalue weighted by atomic mass is 10.1. The summed E-state index contributed by atoms with van der Waals surface area (Å²) in [6.45, 7) is 1.41. The van der Waals surface area contributed by atoms with E-state index in [2.05, 4.69) is 29.0 Å². The molecule has 0 heterocycles. The fourth-order valence-corrected chi connectivity index (χ4v) is 2.44. The molecule has 5 N–H and O–H groups in total. The third-order valence-corrected chi connectivity index (χ3v) is 4.02. The maximum absolute atomic E-state index is 12.7. The molecule has 0 bridgehead atoms. The maximum atomic E-state index is 12.7. The second kappa shape index (κ2) is 11.7. The molecule has 2 aromatic carbocycles. The van der Waals surface area contributed by atoms with Crippen LogP contribution in [0.4, 0.5) is 14.5 Å². The average Bonchev–Trinajstić information content (AvgIpc) is 2.80.